The molecule has 0 heterocycles. The third kappa shape index (κ3) is 4.79. The molecule has 5 fully saturated rings. The number of ether oxygens (including phenoxy) is 1. The van der Waals surface area contributed by atoms with Gasteiger partial charge >= 0.3 is 5.97 Å². The highest BCUT2D eigenvalue weighted by molar-refractivity contribution is 5.86. The third-order valence-electron chi connectivity index (χ3n) is 16.0. The Morgan fingerprint density at radius 3 is 2.35 bits per heavy atom. The predicted octanol–water partition coefficient (Wildman–Crippen LogP) is 9.47. The summed E-state index contributed by atoms with van der Waals surface area (Å²) >= 11 is 0. The summed E-state index contributed by atoms with van der Waals surface area (Å²) in [6, 6.07) is 17.9. The third-order valence-corrected chi connectivity index (χ3v) is 16.0. The van der Waals surface area contributed by atoms with Gasteiger partial charge in [0.2, 0.25) is 0 Å². The quantitative estimate of drug-likeness (QED) is 0.246. The summed E-state index contributed by atoms with van der Waals surface area (Å²) in [4.78, 5) is 27.7. The van der Waals surface area contributed by atoms with Gasteiger partial charge in [-0.1, -0.05) is 82.3 Å². The Balaban J connectivity index is 1.15. The van der Waals surface area contributed by atoms with Crippen LogP contribution in [0.1, 0.15) is 110 Å². The van der Waals surface area contributed by atoms with E-state index < -0.39 is 10.8 Å². The van der Waals surface area contributed by atoms with Crippen molar-refractivity contribution >= 4 is 11.8 Å². The van der Waals surface area contributed by atoms with E-state index in [1.165, 1.54) is 5.57 Å². The van der Waals surface area contributed by atoms with E-state index in [1.807, 2.05) is 55.5 Å². The molecule has 5 aliphatic rings. The Morgan fingerprint density at radius 1 is 0.918 bits per heavy atom. The molecule has 0 amide bonds. The Kier molecular flexibility index (Phi) is 8.34. The topological polar surface area (TPSA) is 87.4 Å². The largest absolute Gasteiger partial charge is 0.460 e. The molecule has 5 nitrogen and oxygen atoms in total. The van der Waals surface area contributed by atoms with Gasteiger partial charge in [-0.25, -0.2) is 0 Å². The molecule has 5 heteroatoms. The molecule has 5 saturated carbocycles. The smallest absolute Gasteiger partial charge is 0.312 e. The number of fused-ring (bicyclic) bond motifs is 7. The molecule has 260 valence electrons. The summed E-state index contributed by atoms with van der Waals surface area (Å²) in [5.41, 5.74) is 3.74. The molecule has 2 aromatic carbocycles. The molecule has 0 radical (unpaired) electrons. The maximum Gasteiger partial charge on any atom is 0.312 e. The van der Waals surface area contributed by atoms with E-state index >= 15 is 0 Å². The molecule has 5 aliphatic carbocycles. The second kappa shape index (κ2) is 11.9. The highest BCUT2D eigenvalue weighted by Gasteiger charge is 2.72. The Morgan fingerprint density at radius 2 is 1.65 bits per heavy atom. The van der Waals surface area contributed by atoms with E-state index in [9.17, 15) is 20.0 Å². The van der Waals surface area contributed by atoms with Crippen molar-refractivity contribution in [3.05, 3.63) is 71.8 Å². The highest BCUT2D eigenvalue weighted by Crippen LogP contribution is 2.77. The van der Waals surface area contributed by atoms with Crippen LogP contribution in [-0.4, -0.2) is 23.5 Å². The first-order valence-corrected chi connectivity index (χ1v) is 18.8. The number of aliphatic hydroxyl groups is 1. The van der Waals surface area contributed by atoms with Gasteiger partial charge in [-0.2, -0.15) is 5.26 Å². The minimum Gasteiger partial charge on any atom is -0.460 e. The average molecular weight is 662 g/mol. The molecular weight excluding hydrogens is 606 g/mol. The number of Topliss-reactive ketones (excluding diaryl/α,β-unsaturated/α-hetero) is 1. The molecule has 49 heavy (non-hydrogen) atoms. The Labute approximate surface area is 293 Å². The van der Waals surface area contributed by atoms with Gasteiger partial charge in [-0.15, -0.1) is 0 Å². The normalized spacial score (nSPS) is 41.0. The fourth-order valence-electron chi connectivity index (χ4n) is 13.2. The Hall–Kier alpha value is -3.23. The lowest BCUT2D eigenvalue weighted by atomic mass is 9.32. The van der Waals surface area contributed by atoms with Gasteiger partial charge in [0.05, 0.1) is 29.1 Å². The van der Waals surface area contributed by atoms with E-state index in [2.05, 4.69) is 40.3 Å². The van der Waals surface area contributed by atoms with E-state index in [4.69, 9.17) is 4.74 Å². The van der Waals surface area contributed by atoms with Gasteiger partial charge in [-0.05, 0) is 133 Å². The van der Waals surface area contributed by atoms with Crippen LogP contribution in [0.4, 0.5) is 0 Å². The van der Waals surface area contributed by atoms with Gasteiger partial charge in [0.15, 0.2) is 0 Å². The number of nitrogens with zero attached hydrogens (tertiary/aromatic N) is 1. The first-order valence-electron chi connectivity index (χ1n) is 18.8. The van der Waals surface area contributed by atoms with Crippen LogP contribution < -0.4 is 0 Å². The van der Waals surface area contributed by atoms with Crippen LogP contribution in [0.3, 0.4) is 0 Å². The summed E-state index contributed by atoms with van der Waals surface area (Å²) < 4.78 is 6.29. The predicted molar refractivity (Wildman–Crippen MR) is 192 cm³/mol. The fraction of sp³-hybridized carbons (Fsp3) is 0.614. The summed E-state index contributed by atoms with van der Waals surface area (Å²) in [5.74, 6) is 1.87. The molecule has 1 N–H and O–H groups in total. The number of rotatable bonds is 6. The molecule has 0 aromatic heterocycles. The number of carbonyl (C=O) groups excluding carboxylic acids is 2. The minimum atomic E-state index is -0.643. The van der Waals surface area contributed by atoms with E-state index in [0.29, 0.717) is 29.7 Å². The SMILES string of the molecule is C=C(C)[C@@H]1CC[C@]2(C(=O)OCc3ccc(-c4ccccc4C#N)cc3)CC[C@]3(C)[C@H](CC[C@@H]4[C@@]5(C)CCC(=O)[C@@](C)(CO)[C@@H]5CC[C@]43C)[C@@H]12. The van der Waals surface area contributed by atoms with Crippen molar-refractivity contribution in [2.24, 2.45) is 56.7 Å². The molecule has 2 aromatic rings. The van der Waals surface area contributed by atoms with Crippen molar-refractivity contribution < 1.29 is 19.4 Å². The van der Waals surface area contributed by atoms with E-state index in [1.54, 1.807) is 0 Å². The molecule has 0 bridgehead atoms. The molecule has 10 atom stereocenters. The molecular formula is C44H55NO4. The number of aliphatic hydroxyl groups excluding tert-OH is 1. The van der Waals surface area contributed by atoms with Gasteiger partial charge in [0.1, 0.15) is 12.4 Å². The van der Waals surface area contributed by atoms with Crippen LogP contribution in [0, 0.1) is 68.0 Å². The van der Waals surface area contributed by atoms with Crippen LogP contribution in [0.25, 0.3) is 11.1 Å². The summed E-state index contributed by atoms with van der Waals surface area (Å²) in [6.07, 6.45) is 9.49. The zero-order valence-corrected chi connectivity index (χ0v) is 30.3. The zero-order chi connectivity index (χ0) is 35.0. The monoisotopic (exact) mass is 661 g/mol. The van der Waals surface area contributed by atoms with Crippen molar-refractivity contribution in [1.29, 1.82) is 5.26 Å². The van der Waals surface area contributed by atoms with Gasteiger partial charge in [0.25, 0.3) is 0 Å². The van der Waals surface area contributed by atoms with Crippen LogP contribution in [0.2, 0.25) is 0 Å². The lowest BCUT2D eigenvalue weighted by Gasteiger charge is -2.72. The van der Waals surface area contributed by atoms with Crippen LogP contribution >= 0.6 is 0 Å². The number of esters is 1. The number of carbonyl (C=O) groups is 2. The molecule has 0 saturated heterocycles. The maximum absolute atomic E-state index is 14.5. The van der Waals surface area contributed by atoms with Crippen molar-refractivity contribution in [1.82, 2.24) is 0 Å². The molecule has 0 aliphatic heterocycles. The summed E-state index contributed by atoms with van der Waals surface area (Å²) in [6.45, 7) is 16.4. The van der Waals surface area contributed by atoms with Crippen LogP contribution in [0.5, 0.6) is 0 Å². The van der Waals surface area contributed by atoms with Crippen LogP contribution in [0.15, 0.2) is 60.7 Å². The first-order chi connectivity index (χ1) is 23.3. The zero-order valence-electron chi connectivity index (χ0n) is 30.3. The molecule has 0 spiro atoms. The van der Waals surface area contributed by atoms with Crippen molar-refractivity contribution in [3.8, 4) is 17.2 Å². The lowest BCUT2D eigenvalue weighted by Crippen LogP contribution is -2.67. The standard InChI is InChI=1S/C44H55NO4/c1-28(2)32-17-22-44(39(48)49-26-29-11-13-30(14-12-29)33-10-8-7-9-31(33)25-45)24-23-42(5)34(38(32)44)15-16-36-40(3)20-19-37(47)41(4,27-46)35(40)18-21-43(36,42)6/h7-14,32,34-36,38,46H,1,15-24,26-27H2,2-6H3/t32-,34+,35+,36+,38+,40-,41-,42+,43+,44-/m0/s1. The minimum absolute atomic E-state index is 0.0233. The van der Waals surface area contributed by atoms with Crippen molar-refractivity contribution in [2.75, 3.05) is 6.61 Å². The Bertz CT molecular complexity index is 1710. The molecule has 7 rings (SSSR count). The fourth-order valence-corrected chi connectivity index (χ4v) is 13.2. The second-order valence-corrected chi connectivity index (χ2v) is 17.8. The first kappa shape index (κ1) is 34.2. The highest BCUT2D eigenvalue weighted by atomic mass is 16.5. The maximum atomic E-state index is 14.5. The van der Waals surface area contributed by atoms with Crippen molar-refractivity contribution in [3.63, 3.8) is 0 Å². The van der Waals surface area contributed by atoms with E-state index in [0.717, 1.165) is 74.5 Å². The average Bonchev–Trinajstić information content (AvgIpc) is 3.51. The number of ketones is 1. The second-order valence-electron chi connectivity index (χ2n) is 17.8. The van der Waals surface area contributed by atoms with Crippen molar-refractivity contribution in [2.45, 2.75) is 105 Å². The number of benzene rings is 2. The van der Waals surface area contributed by atoms with Gasteiger partial charge in [-0.3, -0.25) is 9.59 Å². The van der Waals surface area contributed by atoms with Crippen LogP contribution in [-0.2, 0) is 20.9 Å². The summed E-state index contributed by atoms with van der Waals surface area (Å²) in [5, 5.41) is 20.1. The number of allylic oxidation sites excluding steroid dienone is 1. The summed E-state index contributed by atoms with van der Waals surface area (Å²) in [7, 11) is 0. The number of hydrogen-bond donors (Lipinski definition) is 1. The van der Waals surface area contributed by atoms with Gasteiger partial charge in [0, 0.05) is 6.42 Å². The lowest BCUT2D eigenvalue weighted by molar-refractivity contribution is -0.239. The van der Waals surface area contributed by atoms with E-state index in [-0.39, 0.29) is 53.0 Å². The number of nitriles is 1. The van der Waals surface area contributed by atoms with Gasteiger partial charge < -0.3 is 9.84 Å². The molecule has 0 unspecified atom stereocenters. The number of hydrogen-bond acceptors (Lipinski definition) is 5.